The number of benzene rings is 3. The molecule has 1 aliphatic rings. The molecule has 8 nitrogen and oxygen atoms in total. The summed E-state index contributed by atoms with van der Waals surface area (Å²) in [5.41, 5.74) is 4.16. The van der Waals surface area contributed by atoms with E-state index >= 15 is 0 Å². The molecule has 0 aliphatic carbocycles. The molecule has 2 N–H and O–H groups in total. The van der Waals surface area contributed by atoms with Gasteiger partial charge in [-0.25, -0.2) is 8.42 Å². The molecule has 1 aromatic heterocycles. The molecular formula is C32H35N3O5S. The minimum atomic E-state index is -3.69. The van der Waals surface area contributed by atoms with Gasteiger partial charge in [0, 0.05) is 49.1 Å². The van der Waals surface area contributed by atoms with Gasteiger partial charge >= 0.3 is 0 Å². The molecule has 0 spiro atoms. The van der Waals surface area contributed by atoms with Crippen molar-refractivity contribution >= 4 is 15.7 Å². The normalized spacial score (nSPS) is 19.2. The third-order valence-electron chi connectivity index (χ3n) is 7.09. The van der Waals surface area contributed by atoms with Gasteiger partial charge in [0.25, 0.3) is 10.0 Å². The van der Waals surface area contributed by atoms with Gasteiger partial charge in [0.05, 0.1) is 23.7 Å². The smallest absolute Gasteiger partial charge is 0.261 e. The zero-order valence-electron chi connectivity index (χ0n) is 23.0. The highest BCUT2D eigenvalue weighted by molar-refractivity contribution is 7.92. The third-order valence-corrected chi connectivity index (χ3v) is 8.49. The van der Waals surface area contributed by atoms with E-state index in [2.05, 4.69) is 21.7 Å². The number of ether oxygens (including phenoxy) is 2. The van der Waals surface area contributed by atoms with E-state index in [1.54, 1.807) is 42.5 Å². The zero-order valence-corrected chi connectivity index (χ0v) is 23.8. The van der Waals surface area contributed by atoms with E-state index in [1.165, 1.54) is 0 Å². The van der Waals surface area contributed by atoms with Crippen LogP contribution < -0.4 is 4.72 Å². The van der Waals surface area contributed by atoms with Gasteiger partial charge in [0.15, 0.2) is 6.29 Å². The minimum absolute atomic E-state index is 0.0123. The number of aliphatic hydroxyl groups excluding tert-OH is 1. The average molecular weight is 574 g/mol. The quantitative estimate of drug-likeness (QED) is 0.258. The van der Waals surface area contributed by atoms with E-state index in [0.717, 1.165) is 35.3 Å². The third kappa shape index (κ3) is 7.78. The lowest BCUT2D eigenvalue weighted by Gasteiger charge is -2.38. The molecule has 0 radical (unpaired) electrons. The van der Waals surface area contributed by atoms with Crippen molar-refractivity contribution in [1.82, 2.24) is 9.88 Å². The second kappa shape index (κ2) is 13.4. The summed E-state index contributed by atoms with van der Waals surface area (Å²) in [6, 6.07) is 29.1. The van der Waals surface area contributed by atoms with Gasteiger partial charge in [-0.05, 0) is 54.6 Å². The van der Waals surface area contributed by atoms with E-state index in [9.17, 15) is 13.5 Å². The van der Waals surface area contributed by atoms with Crippen molar-refractivity contribution < 1.29 is 23.0 Å². The number of hydrogen-bond acceptors (Lipinski definition) is 7. The molecule has 1 aliphatic heterocycles. The molecular weight excluding hydrogens is 538 g/mol. The van der Waals surface area contributed by atoms with E-state index in [-0.39, 0.29) is 23.7 Å². The van der Waals surface area contributed by atoms with Gasteiger partial charge in [-0.3, -0.25) is 9.71 Å². The van der Waals surface area contributed by atoms with E-state index in [1.807, 2.05) is 60.8 Å². The number of nitrogens with zero attached hydrogens (tertiary/aromatic N) is 2. The van der Waals surface area contributed by atoms with Crippen LogP contribution >= 0.6 is 0 Å². The SMILES string of the molecule is CN(CCc1ccccn1)C[C@H]1C[C@@H](c2ccc(CO)cc2)O[C@@H](c2ccc(NS(=O)(=O)c3ccccc3)cc2)O1. The summed E-state index contributed by atoms with van der Waals surface area (Å²) in [6.07, 6.45) is 2.41. The first kappa shape index (κ1) is 28.9. The predicted molar refractivity (Wildman–Crippen MR) is 158 cm³/mol. The van der Waals surface area contributed by atoms with Crippen molar-refractivity contribution in [2.45, 2.75) is 42.8 Å². The molecule has 214 valence electrons. The lowest BCUT2D eigenvalue weighted by molar-refractivity contribution is -0.252. The molecule has 41 heavy (non-hydrogen) atoms. The van der Waals surface area contributed by atoms with Gasteiger partial charge in [-0.15, -0.1) is 0 Å². The minimum Gasteiger partial charge on any atom is -0.392 e. The molecule has 2 heterocycles. The van der Waals surface area contributed by atoms with Gasteiger partial charge in [-0.1, -0.05) is 60.7 Å². The highest BCUT2D eigenvalue weighted by Crippen LogP contribution is 2.38. The maximum Gasteiger partial charge on any atom is 0.261 e. The maximum atomic E-state index is 12.7. The molecule has 5 rings (SSSR count). The van der Waals surface area contributed by atoms with Crippen molar-refractivity contribution in [3.63, 3.8) is 0 Å². The van der Waals surface area contributed by atoms with Gasteiger partial charge in [0.2, 0.25) is 0 Å². The number of aromatic nitrogens is 1. The summed E-state index contributed by atoms with van der Waals surface area (Å²) in [4.78, 5) is 6.87. The predicted octanol–water partition coefficient (Wildman–Crippen LogP) is 5.09. The summed E-state index contributed by atoms with van der Waals surface area (Å²) < 4.78 is 41.0. The summed E-state index contributed by atoms with van der Waals surface area (Å²) in [7, 11) is -1.61. The van der Waals surface area contributed by atoms with Crippen LogP contribution in [0.3, 0.4) is 0 Å². The Kier molecular flexibility index (Phi) is 9.43. The highest BCUT2D eigenvalue weighted by atomic mass is 32.2. The summed E-state index contributed by atoms with van der Waals surface area (Å²) in [6.45, 7) is 1.54. The largest absolute Gasteiger partial charge is 0.392 e. The van der Waals surface area contributed by atoms with Gasteiger partial charge in [-0.2, -0.15) is 0 Å². The molecule has 0 unspecified atom stereocenters. The number of rotatable bonds is 11. The Morgan fingerprint density at radius 3 is 2.29 bits per heavy atom. The number of likely N-dealkylation sites (N-methyl/N-ethyl adjacent to an activating group) is 1. The van der Waals surface area contributed by atoms with Crippen LogP contribution in [0, 0.1) is 0 Å². The highest BCUT2D eigenvalue weighted by Gasteiger charge is 2.32. The fraction of sp³-hybridized carbons (Fsp3) is 0.281. The van der Waals surface area contributed by atoms with Crippen molar-refractivity contribution in [1.29, 1.82) is 0 Å². The number of aliphatic hydroxyl groups is 1. The average Bonchev–Trinajstić information content (AvgIpc) is 3.01. The van der Waals surface area contributed by atoms with Crippen LogP contribution in [0.15, 0.2) is 108 Å². The Hall–Kier alpha value is -3.60. The molecule has 0 saturated carbocycles. The van der Waals surface area contributed by atoms with Crippen molar-refractivity contribution in [3.05, 3.63) is 126 Å². The Bertz CT molecular complexity index is 1480. The molecule has 0 amide bonds. The summed E-state index contributed by atoms with van der Waals surface area (Å²) in [5, 5.41) is 9.46. The fourth-order valence-corrected chi connectivity index (χ4v) is 5.93. The lowest BCUT2D eigenvalue weighted by atomic mass is 9.99. The van der Waals surface area contributed by atoms with E-state index < -0.39 is 16.3 Å². The second-order valence-electron chi connectivity index (χ2n) is 10.2. The van der Waals surface area contributed by atoms with Crippen LogP contribution in [0.2, 0.25) is 0 Å². The standard InChI is InChI=1S/C32H35N3O5S/c1-35(20-18-27-7-5-6-19-33-27)22-29-21-31(25-12-10-24(23-36)11-13-25)40-32(39-29)26-14-16-28(17-15-26)34-41(37,38)30-8-3-2-4-9-30/h2-17,19,29,31-32,34,36H,18,20-23H2,1H3/t29-,31+,32+/m1/s1. The lowest BCUT2D eigenvalue weighted by Crippen LogP contribution is -2.38. The van der Waals surface area contributed by atoms with Crippen molar-refractivity contribution in [2.24, 2.45) is 0 Å². The number of sulfonamides is 1. The number of hydrogen-bond donors (Lipinski definition) is 2. The molecule has 4 aromatic rings. The van der Waals surface area contributed by atoms with Crippen molar-refractivity contribution in [2.75, 3.05) is 24.9 Å². The van der Waals surface area contributed by atoms with Gasteiger partial charge < -0.3 is 19.5 Å². The Morgan fingerprint density at radius 1 is 0.902 bits per heavy atom. The molecule has 1 fully saturated rings. The Labute approximate surface area is 241 Å². The molecule has 1 saturated heterocycles. The second-order valence-corrected chi connectivity index (χ2v) is 11.9. The van der Waals surface area contributed by atoms with Crippen molar-refractivity contribution in [3.8, 4) is 0 Å². The molecule has 3 aromatic carbocycles. The van der Waals surface area contributed by atoms with E-state index in [0.29, 0.717) is 18.7 Å². The first-order valence-corrected chi connectivity index (χ1v) is 15.1. The Balaban J connectivity index is 1.30. The van der Waals surface area contributed by atoms with Crippen LogP contribution in [-0.4, -0.2) is 49.6 Å². The number of pyridine rings is 1. The summed E-state index contributed by atoms with van der Waals surface area (Å²) in [5.74, 6) is 0. The monoisotopic (exact) mass is 573 g/mol. The topological polar surface area (TPSA) is 101 Å². The first-order chi connectivity index (χ1) is 19.9. The number of nitrogens with one attached hydrogen (secondary N) is 1. The van der Waals surface area contributed by atoms with Gasteiger partial charge in [0.1, 0.15) is 0 Å². The van der Waals surface area contributed by atoms with E-state index in [4.69, 9.17) is 9.47 Å². The Morgan fingerprint density at radius 2 is 1.61 bits per heavy atom. The zero-order chi connectivity index (χ0) is 28.7. The fourth-order valence-electron chi connectivity index (χ4n) is 4.85. The van der Waals surface area contributed by atoms with Crippen LogP contribution in [-0.2, 0) is 32.5 Å². The first-order valence-electron chi connectivity index (χ1n) is 13.7. The molecule has 9 heteroatoms. The van der Waals surface area contributed by atoms with Crippen LogP contribution in [0.1, 0.15) is 41.2 Å². The molecule has 0 bridgehead atoms. The van der Waals surface area contributed by atoms with Crippen LogP contribution in [0.4, 0.5) is 5.69 Å². The summed E-state index contributed by atoms with van der Waals surface area (Å²) >= 11 is 0. The maximum absolute atomic E-state index is 12.7. The molecule has 3 atom stereocenters. The van der Waals surface area contributed by atoms with Crippen LogP contribution in [0.25, 0.3) is 0 Å². The number of anilines is 1. The van der Waals surface area contributed by atoms with Crippen LogP contribution in [0.5, 0.6) is 0 Å².